The average molecular weight is 329 g/mol. The highest BCUT2D eigenvalue weighted by Crippen LogP contribution is 2.65. The minimum atomic E-state index is -0.871. The molecule has 24 heavy (non-hydrogen) atoms. The summed E-state index contributed by atoms with van der Waals surface area (Å²) in [6.07, 6.45) is 16.2. The molecular weight excluding hydrogens is 298 g/mol. The molecule has 7 unspecified atom stereocenters. The monoisotopic (exact) mass is 329 g/mol. The normalized spacial score (nSPS) is 52.1. The first-order valence-corrected chi connectivity index (χ1v) is 9.81. The van der Waals surface area contributed by atoms with Crippen molar-refractivity contribution in [3.63, 3.8) is 0 Å². The van der Waals surface area contributed by atoms with Crippen molar-refractivity contribution in [3.05, 3.63) is 0 Å². The molecule has 4 fully saturated rings. The van der Waals surface area contributed by atoms with E-state index in [4.69, 9.17) is 11.3 Å². The molecular formula is C21H31NO2. The highest BCUT2D eigenvalue weighted by molar-refractivity contribution is 5.85. The first-order valence-electron chi connectivity index (χ1n) is 9.81. The van der Waals surface area contributed by atoms with Gasteiger partial charge in [0, 0.05) is 5.41 Å². The van der Waals surface area contributed by atoms with Crippen LogP contribution in [0.5, 0.6) is 0 Å². The smallest absolute Gasteiger partial charge is 0.130 e. The molecule has 0 saturated heterocycles. The fraction of sp³-hybridized carbons (Fsp3) is 0.857. The van der Waals surface area contributed by atoms with Crippen LogP contribution in [0.1, 0.15) is 64.7 Å². The number of aliphatic hydroxyl groups is 1. The first kappa shape index (κ1) is 16.5. The van der Waals surface area contributed by atoms with Crippen LogP contribution in [0.4, 0.5) is 0 Å². The van der Waals surface area contributed by atoms with Crippen molar-refractivity contribution in [2.45, 2.75) is 70.3 Å². The highest BCUT2D eigenvalue weighted by atomic mass is 16.6. The minimum Gasteiger partial charge on any atom is -0.399 e. The van der Waals surface area contributed by atoms with Gasteiger partial charge in [0.05, 0.1) is 5.71 Å². The van der Waals surface area contributed by atoms with Gasteiger partial charge in [-0.15, -0.1) is 6.42 Å². The molecule has 3 nitrogen and oxygen atoms in total. The summed E-state index contributed by atoms with van der Waals surface area (Å²) in [5.74, 6) is 6.65. The summed E-state index contributed by atoms with van der Waals surface area (Å²) in [6, 6.07) is 0. The molecule has 4 aliphatic carbocycles. The molecule has 0 aromatic heterocycles. The Bertz CT molecular complexity index is 579. The third kappa shape index (κ3) is 2.18. The van der Waals surface area contributed by atoms with E-state index in [2.05, 4.69) is 18.0 Å². The summed E-state index contributed by atoms with van der Waals surface area (Å²) >= 11 is 0. The van der Waals surface area contributed by atoms with Crippen LogP contribution in [-0.4, -0.2) is 23.5 Å². The maximum atomic E-state index is 11.0. The maximum Gasteiger partial charge on any atom is 0.130 e. The van der Waals surface area contributed by atoms with E-state index in [9.17, 15) is 5.11 Å². The van der Waals surface area contributed by atoms with Crippen LogP contribution in [0, 0.1) is 47.3 Å². The third-order valence-corrected chi connectivity index (χ3v) is 8.39. The quantitative estimate of drug-likeness (QED) is 0.583. The van der Waals surface area contributed by atoms with Gasteiger partial charge in [-0.1, -0.05) is 18.0 Å². The van der Waals surface area contributed by atoms with Crippen LogP contribution >= 0.6 is 0 Å². The van der Waals surface area contributed by atoms with Crippen molar-refractivity contribution in [2.24, 2.45) is 40.2 Å². The van der Waals surface area contributed by atoms with Crippen LogP contribution in [0.2, 0.25) is 0 Å². The van der Waals surface area contributed by atoms with Gasteiger partial charge >= 0.3 is 0 Å². The van der Waals surface area contributed by atoms with Crippen LogP contribution in [0.15, 0.2) is 5.16 Å². The summed E-state index contributed by atoms with van der Waals surface area (Å²) in [5.41, 5.74) is 0.331. The van der Waals surface area contributed by atoms with Gasteiger partial charge in [-0.25, -0.2) is 0 Å². The molecule has 4 rings (SSSR count). The second kappa shape index (κ2) is 5.77. The molecule has 7 atom stereocenters. The number of nitrogens with zero attached hydrogens (tertiary/aromatic N) is 1. The van der Waals surface area contributed by atoms with Gasteiger partial charge < -0.3 is 9.94 Å². The highest BCUT2D eigenvalue weighted by Gasteiger charge is 2.62. The molecule has 0 aliphatic heterocycles. The van der Waals surface area contributed by atoms with E-state index in [1.54, 1.807) is 7.11 Å². The van der Waals surface area contributed by atoms with Crippen molar-refractivity contribution in [3.8, 4) is 12.3 Å². The van der Waals surface area contributed by atoms with Gasteiger partial charge in [0.2, 0.25) is 0 Å². The van der Waals surface area contributed by atoms with Gasteiger partial charge in [-0.2, -0.15) is 0 Å². The standard InChI is InChI=1S/C21H31NO2/c1-4-21(23)12-10-19-18-7-5-14-13-15(22-24-3)6-8-16(14)17(18)9-11-20(19,21)2/h1,14,16-19,23H,5-13H2,2-3H3/b22-15+. The molecule has 4 saturated carbocycles. The van der Waals surface area contributed by atoms with E-state index in [0.29, 0.717) is 5.92 Å². The van der Waals surface area contributed by atoms with Crippen LogP contribution in [0.25, 0.3) is 0 Å². The molecule has 0 aromatic rings. The summed E-state index contributed by atoms with van der Waals surface area (Å²) in [5, 5.41) is 15.2. The lowest BCUT2D eigenvalue weighted by molar-refractivity contribution is -0.101. The summed E-state index contributed by atoms with van der Waals surface area (Å²) in [4.78, 5) is 5.01. The zero-order valence-electron chi connectivity index (χ0n) is 15.1. The molecule has 0 aromatic carbocycles. The molecule has 0 heterocycles. The van der Waals surface area contributed by atoms with E-state index in [-0.39, 0.29) is 5.41 Å². The predicted octanol–water partition coefficient (Wildman–Crippen LogP) is 4.01. The Kier molecular flexibility index (Phi) is 3.95. The van der Waals surface area contributed by atoms with Gasteiger partial charge in [0.15, 0.2) is 0 Å². The molecule has 0 radical (unpaired) electrons. The lowest BCUT2D eigenvalue weighted by Crippen LogP contribution is -2.53. The number of oxime groups is 1. The lowest BCUT2D eigenvalue weighted by atomic mass is 9.49. The molecule has 0 spiro atoms. The van der Waals surface area contributed by atoms with Crippen LogP contribution < -0.4 is 0 Å². The molecule has 1 N–H and O–H groups in total. The maximum absolute atomic E-state index is 11.0. The fourth-order valence-electron chi connectivity index (χ4n) is 7.14. The zero-order chi connectivity index (χ0) is 16.9. The van der Waals surface area contributed by atoms with Gasteiger partial charge in [0.1, 0.15) is 12.7 Å². The molecule has 0 bridgehead atoms. The SMILES string of the molecule is C#CC1(O)CCC2C3CCC4C/C(=N/OC)CCC4C3CCC21C. The zero-order valence-corrected chi connectivity index (χ0v) is 15.1. The summed E-state index contributed by atoms with van der Waals surface area (Å²) in [7, 11) is 1.66. The third-order valence-electron chi connectivity index (χ3n) is 8.39. The van der Waals surface area contributed by atoms with E-state index < -0.39 is 5.60 Å². The minimum absolute atomic E-state index is 0.0624. The topological polar surface area (TPSA) is 41.8 Å². The number of hydrogen-bond donors (Lipinski definition) is 1. The average Bonchev–Trinajstić information content (AvgIpc) is 2.87. The molecule has 4 aliphatic rings. The van der Waals surface area contributed by atoms with E-state index in [1.165, 1.54) is 31.4 Å². The molecule has 132 valence electrons. The van der Waals surface area contributed by atoms with Crippen molar-refractivity contribution < 1.29 is 9.94 Å². The molecule has 3 heteroatoms. The Hall–Kier alpha value is -1.01. The predicted molar refractivity (Wildman–Crippen MR) is 95.3 cm³/mol. The summed E-state index contributed by atoms with van der Waals surface area (Å²) in [6.45, 7) is 2.27. The van der Waals surface area contributed by atoms with E-state index in [0.717, 1.165) is 55.8 Å². The number of fused-ring (bicyclic) bond motifs is 5. The number of terminal acetylenes is 1. The van der Waals surface area contributed by atoms with Crippen molar-refractivity contribution in [1.29, 1.82) is 0 Å². The first-order chi connectivity index (χ1) is 11.5. The Morgan fingerprint density at radius 3 is 2.71 bits per heavy atom. The number of rotatable bonds is 1. The molecule has 0 amide bonds. The Morgan fingerprint density at radius 2 is 1.96 bits per heavy atom. The van der Waals surface area contributed by atoms with Gasteiger partial charge in [0.25, 0.3) is 0 Å². The van der Waals surface area contributed by atoms with E-state index >= 15 is 0 Å². The van der Waals surface area contributed by atoms with Crippen LogP contribution in [0.3, 0.4) is 0 Å². The largest absolute Gasteiger partial charge is 0.399 e. The van der Waals surface area contributed by atoms with Crippen molar-refractivity contribution in [1.82, 2.24) is 0 Å². The Morgan fingerprint density at radius 1 is 1.12 bits per heavy atom. The van der Waals surface area contributed by atoms with Crippen molar-refractivity contribution in [2.75, 3.05) is 7.11 Å². The van der Waals surface area contributed by atoms with Gasteiger partial charge in [-0.3, -0.25) is 0 Å². The van der Waals surface area contributed by atoms with E-state index in [1.807, 2.05) is 0 Å². The Labute approximate surface area is 146 Å². The second-order valence-electron chi connectivity index (χ2n) is 9.02. The summed E-state index contributed by atoms with van der Waals surface area (Å²) < 4.78 is 0. The van der Waals surface area contributed by atoms with Crippen LogP contribution in [-0.2, 0) is 4.84 Å². The van der Waals surface area contributed by atoms with Gasteiger partial charge in [-0.05, 0) is 87.4 Å². The Balaban J connectivity index is 1.55. The fourth-order valence-corrected chi connectivity index (χ4v) is 7.14. The second-order valence-corrected chi connectivity index (χ2v) is 9.02. The lowest BCUT2D eigenvalue weighted by Gasteiger charge is -2.56. The number of hydrogen-bond acceptors (Lipinski definition) is 3. The van der Waals surface area contributed by atoms with Crippen molar-refractivity contribution >= 4 is 5.71 Å².